The molecule has 0 bridgehead atoms. The standard InChI is InChI=1S/C21H24N2O6/c1-12-9-17(13-5-4-6-13)29-21(26)19(12)20(25)22-14-7-8-16(28-3)15(10-14)23-18(24)11-27-2/h7-10,13H,4-6,11H2,1-3H3,(H,22,25)(H,23,24). The molecule has 29 heavy (non-hydrogen) atoms. The number of benzene rings is 1. The minimum absolute atomic E-state index is 0.0335. The van der Waals surface area contributed by atoms with E-state index >= 15 is 0 Å². The monoisotopic (exact) mass is 400 g/mol. The van der Waals surface area contributed by atoms with Gasteiger partial charge in [0.15, 0.2) is 0 Å². The Bertz CT molecular complexity index is 978. The van der Waals surface area contributed by atoms with Crippen LogP contribution in [0.1, 0.15) is 46.9 Å². The van der Waals surface area contributed by atoms with Crippen molar-refractivity contribution in [1.82, 2.24) is 0 Å². The molecule has 8 nitrogen and oxygen atoms in total. The zero-order chi connectivity index (χ0) is 21.0. The second-order valence-electron chi connectivity index (χ2n) is 6.97. The number of amides is 2. The third kappa shape index (κ3) is 4.65. The summed E-state index contributed by atoms with van der Waals surface area (Å²) in [5.41, 5.74) is 0.657. The number of anilines is 2. The lowest BCUT2D eigenvalue weighted by atomic mass is 9.83. The van der Waals surface area contributed by atoms with E-state index in [4.69, 9.17) is 13.9 Å². The van der Waals surface area contributed by atoms with Crippen LogP contribution >= 0.6 is 0 Å². The third-order valence-electron chi connectivity index (χ3n) is 4.91. The van der Waals surface area contributed by atoms with Crippen molar-refractivity contribution in [3.63, 3.8) is 0 Å². The van der Waals surface area contributed by atoms with Crippen LogP contribution in [-0.2, 0) is 9.53 Å². The smallest absolute Gasteiger partial charge is 0.349 e. The van der Waals surface area contributed by atoms with Crippen LogP contribution in [0.15, 0.2) is 33.5 Å². The number of carbonyl (C=O) groups is 2. The molecular weight excluding hydrogens is 376 g/mol. The summed E-state index contributed by atoms with van der Waals surface area (Å²) in [5.74, 6) is 0.391. The van der Waals surface area contributed by atoms with Crippen LogP contribution in [0.4, 0.5) is 11.4 Å². The Kier molecular flexibility index (Phi) is 6.33. The van der Waals surface area contributed by atoms with Crippen LogP contribution in [0.5, 0.6) is 5.75 Å². The molecule has 2 aromatic rings. The highest BCUT2D eigenvalue weighted by Crippen LogP contribution is 2.36. The summed E-state index contributed by atoms with van der Waals surface area (Å²) in [6.07, 6.45) is 3.12. The molecule has 0 saturated heterocycles. The average molecular weight is 400 g/mol. The van der Waals surface area contributed by atoms with E-state index in [1.165, 1.54) is 14.2 Å². The van der Waals surface area contributed by atoms with Crippen molar-refractivity contribution in [2.75, 3.05) is 31.5 Å². The summed E-state index contributed by atoms with van der Waals surface area (Å²) in [5, 5.41) is 5.33. The van der Waals surface area contributed by atoms with Gasteiger partial charge in [-0.25, -0.2) is 4.79 Å². The number of rotatable bonds is 7. The highest BCUT2D eigenvalue weighted by atomic mass is 16.5. The Morgan fingerprint density at radius 2 is 1.93 bits per heavy atom. The molecule has 2 N–H and O–H groups in total. The molecule has 0 spiro atoms. The van der Waals surface area contributed by atoms with E-state index < -0.39 is 11.5 Å². The molecule has 0 atom stereocenters. The van der Waals surface area contributed by atoms with Gasteiger partial charge in [-0.05, 0) is 49.6 Å². The fourth-order valence-electron chi connectivity index (χ4n) is 3.19. The van der Waals surface area contributed by atoms with E-state index in [1.54, 1.807) is 31.2 Å². The van der Waals surface area contributed by atoms with Gasteiger partial charge in [0, 0.05) is 18.7 Å². The van der Waals surface area contributed by atoms with Gasteiger partial charge in [0.1, 0.15) is 23.7 Å². The topological polar surface area (TPSA) is 107 Å². The van der Waals surface area contributed by atoms with Gasteiger partial charge in [-0.1, -0.05) is 6.42 Å². The second kappa shape index (κ2) is 8.91. The van der Waals surface area contributed by atoms with Gasteiger partial charge in [-0.3, -0.25) is 9.59 Å². The lowest BCUT2D eigenvalue weighted by Gasteiger charge is -2.24. The maximum absolute atomic E-state index is 12.7. The van der Waals surface area contributed by atoms with Gasteiger partial charge in [0.2, 0.25) is 5.91 Å². The third-order valence-corrected chi connectivity index (χ3v) is 4.91. The van der Waals surface area contributed by atoms with Gasteiger partial charge in [0.05, 0.1) is 12.8 Å². The molecule has 1 aliphatic carbocycles. The number of nitrogens with one attached hydrogen (secondary N) is 2. The van der Waals surface area contributed by atoms with Crippen LogP contribution in [0, 0.1) is 6.92 Å². The van der Waals surface area contributed by atoms with E-state index in [2.05, 4.69) is 10.6 Å². The van der Waals surface area contributed by atoms with Crippen molar-refractivity contribution in [2.24, 2.45) is 0 Å². The molecular formula is C21H24N2O6. The van der Waals surface area contributed by atoms with Crippen molar-refractivity contribution in [2.45, 2.75) is 32.1 Å². The summed E-state index contributed by atoms with van der Waals surface area (Å²) in [7, 11) is 2.88. The Morgan fingerprint density at radius 1 is 1.17 bits per heavy atom. The molecule has 0 radical (unpaired) electrons. The maximum Gasteiger partial charge on any atom is 0.349 e. The number of aryl methyl sites for hydroxylation is 1. The van der Waals surface area contributed by atoms with E-state index in [0.29, 0.717) is 28.4 Å². The van der Waals surface area contributed by atoms with E-state index in [1.807, 2.05) is 0 Å². The maximum atomic E-state index is 12.7. The van der Waals surface area contributed by atoms with Gasteiger partial charge < -0.3 is 24.5 Å². The first-order valence-electron chi connectivity index (χ1n) is 9.35. The zero-order valence-corrected chi connectivity index (χ0v) is 16.7. The Morgan fingerprint density at radius 3 is 2.52 bits per heavy atom. The quantitative estimate of drug-likeness (QED) is 0.740. The van der Waals surface area contributed by atoms with Crippen LogP contribution in [0.25, 0.3) is 0 Å². The molecule has 0 unspecified atom stereocenters. The van der Waals surface area contributed by atoms with Gasteiger partial charge in [-0.2, -0.15) is 0 Å². The summed E-state index contributed by atoms with van der Waals surface area (Å²) >= 11 is 0. The highest BCUT2D eigenvalue weighted by Gasteiger charge is 2.25. The normalized spacial score (nSPS) is 13.5. The predicted molar refractivity (Wildman–Crippen MR) is 108 cm³/mol. The summed E-state index contributed by atoms with van der Waals surface area (Å²) in [6, 6.07) is 6.53. The minimum atomic E-state index is -0.647. The molecule has 3 rings (SSSR count). The lowest BCUT2D eigenvalue weighted by Crippen LogP contribution is -2.24. The lowest BCUT2D eigenvalue weighted by molar-refractivity contribution is -0.119. The van der Waals surface area contributed by atoms with Gasteiger partial charge in [0.25, 0.3) is 5.91 Å². The molecule has 1 saturated carbocycles. The average Bonchev–Trinajstić information content (AvgIpc) is 2.60. The minimum Gasteiger partial charge on any atom is -0.495 e. The number of carbonyl (C=O) groups excluding carboxylic acids is 2. The van der Waals surface area contributed by atoms with Crippen LogP contribution in [-0.4, -0.2) is 32.6 Å². The largest absolute Gasteiger partial charge is 0.495 e. The fraction of sp³-hybridized carbons (Fsp3) is 0.381. The predicted octanol–water partition coefficient (Wildman–Crippen LogP) is 3.06. The summed E-state index contributed by atoms with van der Waals surface area (Å²) < 4.78 is 15.4. The Hall–Kier alpha value is -3.13. The van der Waals surface area contributed by atoms with E-state index in [-0.39, 0.29) is 24.0 Å². The number of hydrogen-bond donors (Lipinski definition) is 2. The molecule has 2 amide bonds. The van der Waals surface area contributed by atoms with Crippen LogP contribution in [0.3, 0.4) is 0 Å². The van der Waals surface area contributed by atoms with Gasteiger partial charge in [-0.15, -0.1) is 0 Å². The summed E-state index contributed by atoms with van der Waals surface area (Å²) in [6.45, 7) is 1.60. The first-order chi connectivity index (χ1) is 13.9. The number of methoxy groups -OCH3 is 2. The Balaban J connectivity index is 1.81. The van der Waals surface area contributed by atoms with Crippen molar-refractivity contribution in [1.29, 1.82) is 0 Å². The number of hydrogen-bond acceptors (Lipinski definition) is 6. The SMILES string of the molecule is COCC(=O)Nc1cc(NC(=O)c2c(C)cc(C3CCC3)oc2=O)ccc1OC. The molecule has 0 aliphatic heterocycles. The molecule has 8 heteroatoms. The fourth-order valence-corrected chi connectivity index (χ4v) is 3.19. The van der Waals surface area contributed by atoms with Crippen molar-refractivity contribution >= 4 is 23.2 Å². The molecule has 1 fully saturated rings. The Labute approximate surface area is 168 Å². The first kappa shape index (κ1) is 20.6. The molecule has 1 aromatic carbocycles. The first-order valence-corrected chi connectivity index (χ1v) is 9.35. The van der Waals surface area contributed by atoms with Crippen LogP contribution in [0.2, 0.25) is 0 Å². The molecule has 154 valence electrons. The van der Waals surface area contributed by atoms with Crippen molar-refractivity contribution in [3.8, 4) is 5.75 Å². The zero-order valence-electron chi connectivity index (χ0n) is 16.7. The van der Waals surface area contributed by atoms with E-state index in [9.17, 15) is 14.4 Å². The van der Waals surface area contributed by atoms with Crippen molar-refractivity contribution in [3.05, 3.63) is 51.6 Å². The molecule has 1 aromatic heterocycles. The van der Waals surface area contributed by atoms with Crippen molar-refractivity contribution < 1.29 is 23.5 Å². The molecule has 1 aliphatic rings. The van der Waals surface area contributed by atoms with E-state index in [0.717, 1.165) is 19.3 Å². The second-order valence-corrected chi connectivity index (χ2v) is 6.97. The number of ether oxygens (including phenoxy) is 2. The highest BCUT2D eigenvalue weighted by molar-refractivity contribution is 6.05. The van der Waals surface area contributed by atoms with Gasteiger partial charge >= 0.3 is 5.63 Å². The summed E-state index contributed by atoms with van der Waals surface area (Å²) in [4.78, 5) is 36.9. The molecule has 1 heterocycles. The van der Waals surface area contributed by atoms with Crippen LogP contribution < -0.4 is 21.0 Å².